The predicted molar refractivity (Wildman–Crippen MR) is 80.1 cm³/mol. The summed E-state index contributed by atoms with van der Waals surface area (Å²) in [5.41, 5.74) is 0. The summed E-state index contributed by atoms with van der Waals surface area (Å²) in [5.74, 6) is 0.527. The summed E-state index contributed by atoms with van der Waals surface area (Å²) in [4.78, 5) is 17.4. The zero-order valence-electron chi connectivity index (χ0n) is 11.0. The molecular weight excluding hydrogens is 328 g/mol. The second kappa shape index (κ2) is 6.83. The van der Waals surface area contributed by atoms with Crippen LogP contribution in [0.3, 0.4) is 0 Å². The minimum absolute atomic E-state index is 0.170. The molecule has 19 heavy (non-hydrogen) atoms. The number of carbonyl (C=O) groups excluding carboxylic acids is 1. The highest BCUT2D eigenvalue weighted by Crippen LogP contribution is 2.23. The van der Waals surface area contributed by atoms with E-state index in [1.807, 2.05) is 17.9 Å². The molecule has 2 heterocycles. The average Bonchev–Trinajstić information content (AvgIpc) is 2.75. The first-order valence-electron chi connectivity index (χ1n) is 6.47. The molecule has 1 aromatic heterocycles. The zero-order chi connectivity index (χ0) is 13.8. The Morgan fingerprint density at radius 2 is 2.32 bits per heavy atom. The molecule has 1 amide bonds. The third kappa shape index (κ3) is 4.02. The van der Waals surface area contributed by atoms with E-state index in [0.717, 1.165) is 23.4 Å². The molecule has 0 bridgehead atoms. The van der Waals surface area contributed by atoms with Gasteiger partial charge in [-0.3, -0.25) is 9.69 Å². The molecule has 0 aromatic carbocycles. The van der Waals surface area contributed by atoms with Crippen LogP contribution >= 0.6 is 27.3 Å². The number of amides is 1. The van der Waals surface area contributed by atoms with Crippen molar-refractivity contribution in [2.45, 2.75) is 13.5 Å². The molecule has 4 nitrogen and oxygen atoms in total. The van der Waals surface area contributed by atoms with Crippen LogP contribution in [0, 0.1) is 5.92 Å². The van der Waals surface area contributed by atoms with Gasteiger partial charge >= 0.3 is 0 Å². The van der Waals surface area contributed by atoms with Crippen molar-refractivity contribution in [2.75, 3.05) is 32.8 Å². The van der Waals surface area contributed by atoms with Gasteiger partial charge in [-0.2, -0.15) is 0 Å². The Bertz CT molecular complexity index is 432. The second-order valence-electron chi connectivity index (χ2n) is 4.86. The number of aliphatic hydroxyl groups is 1. The Kier molecular flexibility index (Phi) is 5.38. The summed E-state index contributed by atoms with van der Waals surface area (Å²) in [6.07, 6.45) is 0. The minimum Gasteiger partial charge on any atom is -0.396 e. The third-order valence-corrected chi connectivity index (χ3v) is 4.97. The van der Waals surface area contributed by atoms with Crippen molar-refractivity contribution in [1.29, 1.82) is 0 Å². The fourth-order valence-corrected chi connectivity index (χ4v) is 3.71. The average molecular weight is 347 g/mol. The number of rotatable bonds is 6. The van der Waals surface area contributed by atoms with Crippen molar-refractivity contribution in [2.24, 2.45) is 5.92 Å². The molecule has 1 N–H and O–H groups in total. The molecule has 1 saturated heterocycles. The highest BCUT2D eigenvalue weighted by atomic mass is 79.9. The first-order chi connectivity index (χ1) is 9.12. The van der Waals surface area contributed by atoms with E-state index in [1.165, 1.54) is 4.88 Å². The van der Waals surface area contributed by atoms with Gasteiger partial charge in [-0.25, -0.2) is 0 Å². The Labute approximate surface area is 126 Å². The fraction of sp³-hybridized carbons (Fsp3) is 0.615. The van der Waals surface area contributed by atoms with E-state index >= 15 is 0 Å². The molecule has 0 unspecified atom stereocenters. The van der Waals surface area contributed by atoms with Crippen LogP contribution in [0.15, 0.2) is 15.9 Å². The number of hydrogen-bond acceptors (Lipinski definition) is 4. The standard InChI is InChI=1S/C13H19BrN2O2S/c1-2-16(7-11-3-4-12(14)19-11)13(18)8-15-5-10(6-15)9-17/h3-4,10,17H,2,5-9H2,1H3. The normalized spacial score (nSPS) is 16.4. The Morgan fingerprint density at radius 1 is 1.58 bits per heavy atom. The molecule has 0 aliphatic carbocycles. The molecule has 2 rings (SSSR count). The second-order valence-corrected chi connectivity index (χ2v) is 7.40. The summed E-state index contributed by atoms with van der Waals surface area (Å²) in [7, 11) is 0. The van der Waals surface area contributed by atoms with Crippen LogP contribution in [0.1, 0.15) is 11.8 Å². The minimum atomic E-state index is 0.170. The van der Waals surface area contributed by atoms with Crippen LogP contribution in [-0.2, 0) is 11.3 Å². The maximum Gasteiger partial charge on any atom is 0.237 e. The first-order valence-corrected chi connectivity index (χ1v) is 8.08. The Balaban J connectivity index is 1.82. The van der Waals surface area contributed by atoms with Crippen LogP contribution in [0.4, 0.5) is 0 Å². The van der Waals surface area contributed by atoms with E-state index in [9.17, 15) is 4.79 Å². The number of aliphatic hydroxyl groups excluding tert-OH is 1. The monoisotopic (exact) mass is 346 g/mol. The lowest BCUT2D eigenvalue weighted by molar-refractivity contribution is -0.134. The fourth-order valence-electron chi connectivity index (χ4n) is 2.21. The highest BCUT2D eigenvalue weighted by molar-refractivity contribution is 9.11. The molecular formula is C13H19BrN2O2S. The largest absolute Gasteiger partial charge is 0.396 e. The van der Waals surface area contributed by atoms with Gasteiger partial charge in [0.2, 0.25) is 5.91 Å². The van der Waals surface area contributed by atoms with Crippen LogP contribution in [-0.4, -0.2) is 53.6 Å². The number of thiophene rings is 1. The molecule has 0 spiro atoms. The van der Waals surface area contributed by atoms with Crippen molar-refractivity contribution in [3.8, 4) is 0 Å². The maximum atomic E-state index is 12.2. The van der Waals surface area contributed by atoms with Gasteiger partial charge < -0.3 is 10.0 Å². The summed E-state index contributed by atoms with van der Waals surface area (Å²) >= 11 is 5.11. The highest BCUT2D eigenvalue weighted by Gasteiger charge is 2.28. The van der Waals surface area contributed by atoms with Gasteiger partial charge in [0.05, 0.1) is 16.9 Å². The van der Waals surface area contributed by atoms with E-state index in [-0.39, 0.29) is 12.5 Å². The third-order valence-electron chi connectivity index (χ3n) is 3.36. The van der Waals surface area contributed by atoms with Gasteiger partial charge in [0.15, 0.2) is 0 Å². The lowest BCUT2D eigenvalue weighted by atomic mass is 10.0. The molecule has 0 atom stereocenters. The summed E-state index contributed by atoms with van der Waals surface area (Å²) in [6.45, 7) is 5.79. The van der Waals surface area contributed by atoms with Crippen LogP contribution < -0.4 is 0 Å². The van der Waals surface area contributed by atoms with E-state index in [1.54, 1.807) is 11.3 Å². The number of likely N-dealkylation sites (N-methyl/N-ethyl adjacent to an activating group) is 1. The molecule has 0 radical (unpaired) electrons. The Morgan fingerprint density at radius 3 is 2.84 bits per heavy atom. The molecule has 1 aliphatic rings. The summed E-state index contributed by atoms with van der Waals surface area (Å²) < 4.78 is 1.10. The van der Waals surface area contributed by atoms with Crippen LogP contribution in [0.5, 0.6) is 0 Å². The van der Waals surface area contributed by atoms with E-state index in [2.05, 4.69) is 26.9 Å². The molecule has 106 valence electrons. The zero-order valence-corrected chi connectivity index (χ0v) is 13.4. The topological polar surface area (TPSA) is 43.8 Å². The number of hydrogen-bond donors (Lipinski definition) is 1. The van der Waals surface area contributed by atoms with Crippen LogP contribution in [0.25, 0.3) is 0 Å². The molecule has 6 heteroatoms. The molecule has 1 fully saturated rings. The van der Waals surface area contributed by atoms with Gasteiger partial charge in [0, 0.05) is 37.0 Å². The number of halogens is 1. The SMILES string of the molecule is CCN(Cc1ccc(Br)s1)C(=O)CN1CC(CO)C1. The van der Waals surface area contributed by atoms with Gasteiger partial charge in [-0.05, 0) is 35.0 Å². The van der Waals surface area contributed by atoms with Gasteiger partial charge in [-0.15, -0.1) is 11.3 Å². The quantitative estimate of drug-likeness (QED) is 0.853. The van der Waals surface area contributed by atoms with Crippen molar-refractivity contribution in [3.05, 3.63) is 20.8 Å². The van der Waals surface area contributed by atoms with Crippen molar-refractivity contribution >= 4 is 33.2 Å². The van der Waals surface area contributed by atoms with Crippen LogP contribution in [0.2, 0.25) is 0 Å². The van der Waals surface area contributed by atoms with Gasteiger partial charge in [0.25, 0.3) is 0 Å². The Hall–Kier alpha value is -0.430. The first kappa shape index (κ1) is 15.0. The van der Waals surface area contributed by atoms with Crippen molar-refractivity contribution in [1.82, 2.24) is 9.80 Å². The van der Waals surface area contributed by atoms with Crippen molar-refractivity contribution in [3.63, 3.8) is 0 Å². The van der Waals surface area contributed by atoms with Gasteiger partial charge in [0.1, 0.15) is 0 Å². The smallest absolute Gasteiger partial charge is 0.237 e. The molecule has 1 aliphatic heterocycles. The van der Waals surface area contributed by atoms with E-state index in [4.69, 9.17) is 5.11 Å². The molecule has 0 saturated carbocycles. The lowest BCUT2D eigenvalue weighted by Gasteiger charge is -2.38. The van der Waals surface area contributed by atoms with E-state index < -0.39 is 0 Å². The number of nitrogens with zero attached hydrogens (tertiary/aromatic N) is 2. The number of carbonyl (C=O) groups is 1. The van der Waals surface area contributed by atoms with Gasteiger partial charge in [-0.1, -0.05) is 0 Å². The lowest BCUT2D eigenvalue weighted by Crippen LogP contribution is -2.52. The molecule has 1 aromatic rings. The summed E-state index contributed by atoms with van der Waals surface area (Å²) in [6, 6.07) is 4.07. The number of likely N-dealkylation sites (tertiary alicyclic amines) is 1. The summed E-state index contributed by atoms with van der Waals surface area (Å²) in [5, 5.41) is 8.97. The van der Waals surface area contributed by atoms with Crippen molar-refractivity contribution < 1.29 is 9.90 Å². The maximum absolute atomic E-state index is 12.2. The predicted octanol–water partition coefficient (Wildman–Crippen LogP) is 1.78. The van der Waals surface area contributed by atoms with E-state index in [0.29, 0.717) is 19.0 Å².